The number of carbonyl (C=O) groups excluding carboxylic acids is 1. The number of hydrogen-bond acceptors (Lipinski definition) is 5. The third-order valence-corrected chi connectivity index (χ3v) is 6.87. The minimum Gasteiger partial charge on any atom is -0.494 e. The van der Waals surface area contributed by atoms with Crippen molar-refractivity contribution in [3.63, 3.8) is 0 Å². The summed E-state index contributed by atoms with van der Waals surface area (Å²) in [6, 6.07) is 11.5. The minimum absolute atomic E-state index is 0.294. The van der Waals surface area contributed by atoms with Gasteiger partial charge in [0.2, 0.25) is 0 Å². The largest absolute Gasteiger partial charge is 0.494 e. The minimum atomic E-state index is -0.294. The molecule has 2 heterocycles. The number of esters is 1. The molecule has 0 N–H and O–H groups in total. The lowest BCUT2D eigenvalue weighted by atomic mass is 10.2. The molecule has 0 bridgehead atoms. The summed E-state index contributed by atoms with van der Waals surface area (Å²) in [5.74, 6) is 1.06. The van der Waals surface area contributed by atoms with Crippen LogP contribution in [0.5, 0.6) is 11.5 Å². The lowest BCUT2D eigenvalue weighted by molar-refractivity contribution is 0.0739. The highest BCUT2D eigenvalue weighted by Crippen LogP contribution is 2.34. The van der Waals surface area contributed by atoms with Crippen LogP contribution in [0.2, 0.25) is 0 Å². The molecule has 0 atom stereocenters. The van der Waals surface area contributed by atoms with E-state index in [1.807, 2.05) is 18.2 Å². The summed E-state index contributed by atoms with van der Waals surface area (Å²) in [5.41, 5.74) is 0. The van der Waals surface area contributed by atoms with Gasteiger partial charge in [-0.1, -0.05) is 39.5 Å². The Hall–Kier alpha value is -1.85. The number of hydrogen-bond donors (Lipinski definition) is 0. The second-order valence-corrected chi connectivity index (χ2v) is 9.18. The number of unbranched alkanes of at least 4 members (excludes halogenated alkanes) is 4. The molecule has 5 heteroatoms. The summed E-state index contributed by atoms with van der Waals surface area (Å²) in [7, 11) is 0. The van der Waals surface area contributed by atoms with Crippen molar-refractivity contribution in [1.29, 1.82) is 0 Å². The molecule has 0 saturated heterocycles. The molecular weight excluding hydrogens is 388 g/mol. The Kier molecular flexibility index (Phi) is 7.92. The molecule has 0 fully saturated rings. The molecule has 0 aliphatic carbocycles. The maximum atomic E-state index is 12.5. The SMILES string of the molecule is CCCCCOc1ccc(OC(=O)c2cc3sc(CCCCC)cc3s2)cc1. The van der Waals surface area contributed by atoms with E-state index >= 15 is 0 Å². The Morgan fingerprint density at radius 3 is 2.25 bits per heavy atom. The van der Waals surface area contributed by atoms with Crippen molar-refractivity contribution in [3.05, 3.63) is 46.2 Å². The number of ether oxygens (including phenoxy) is 2. The molecule has 3 aromatic rings. The van der Waals surface area contributed by atoms with E-state index in [1.54, 1.807) is 23.5 Å². The van der Waals surface area contributed by atoms with Crippen LogP contribution in [0.25, 0.3) is 9.40 Å². The smallest absolute Gasteiger partial charge is 0.353 e. The first kappa shape index (κ1) is 20.9. The topological polar surface area (TPSA) is 35.5 Å². The zero-order valence-electron chi connectivity index (χ0n) is 16.7. The fraction of sp³-hybridized carbons (Fsp3) is 0.435. The summed E-state index contributed by atoms with van der Waals surface area (Å²) in [6.45, 7) is 5.12. The van der Waals surface area contributed by atoms with Crippen molar-refractivity contribution in [2.45, 2.75) is 58.8 Å². The number of carbonyl (C=O) groups is 1. The van der Waals surface area contributed by atoms with E-state index in [1.165, 1.54) is 57.7 Å². The van der Waals surface area contributed by atoms with Gasteiger partial charge in [0, 0.05) is 14.3 Å². The van der Waals surface area contributed by atoms with Gasteiger partial charge in [-0.25, -0.2) is 4.79 Å². The summed E-state index contributed by atoms with van der Waals surface area (Å²) < 4.78 is 13.6. The van der Waals surface area contributed by atoms with Crippen molar-refractivity contribution in [2.24, 2.45) is 0 Å². The van der Waals surface area contributed by atoms with Crippen molar-refractivity contribution < 1.29 is 14.3 Å². The summed E-state index contributed by atoms with van der Waals surface area (Å²) in [5, 5.41) is 0. The van der Waals surface area contributed by atoms with Gasteiger partial charge in [0.25, 0.3) is 0 Å². The van der Waals surface area contributed by atoms with Gasteiger partial charge in [-0.15, -0.1) is 22.7 Å². The predicted molar refractivity (Wildman–Crippen MR) is 119 cm³/mol. The average molecular weight is 417 g/mol. The van der Waals surface area contributed by atoms with E-state index in [4.69, 9.17) is 9.47 Å². The lowest BCUT2D eigenvalue weighted by Crippen LogP contribution is -2.06. The maximum Gasteiger partial charge on any atom is 0.353 e. The third kappa shape index (κ3) is 5.82. The summed E-state index contributed by atoms with van der Waals surface area (Å²) in [6.07, 6.45) is 8.29. The number of rotatable bonds is 11. The molecule has 3 nitrogen and oxygen atoms in total. The molecule has 28 heavy (non-hydrogen) atoms. The van der Waals surface area contributed by atoms with Crippen LogP contribution >= 0.6 is 22.7 Å². The van der Waals surface area contributed by atoms with Crippen LogP contribution in [0.4, 0.5) is 0 Å². The first-order valence-corrected chi connectivity index (χ1v) is 11.8. The van der Waals surface area contributed by atoms with E-state index in [0.29, 0.717) is 10.6 Å². The Morgan fingerprint density at radius 2 is 1.54 bits per heavy atom. The maximum absolute atomic E-state index is 12.5. The molecule has 2 aromatic heterocycles. The van der Waals surface area contributed by atoms with Crippen molar-refractivity contribution in [2.75, 3.05) is 6.61 Å². The quantitative estimate of drug-likeness (QED) is 0.185. The zero-order chi connectivity index (χ0) is 19.8. The molecule has 0 aliphatic heterocycles. The van der Waals surface area contributed by atoms with Crippen LogP contribution in [0, 0.1) is 0 Å². The fourth-order valence-corrected chi connectivity index (χ4v) is 5.30. The van der Waals surface area contributed by atoms with E-state index in [2.05, 4.69) is 19.9 Å². The Bertz CT molecular complexity index is 846. The van der Waals surface area contributed by atoms with E-state index in [-0.39, 0.29) is 5.97 Å². The Morgan fingerprint density at radius 1 is 0.857 bits per heavy atom. The fourth-order valence-electron chi connectivity index (χ4n) is 2.96. The number of fused-ring (bicyclic) bond motifs is 1. The van der Waals surface area contributed by atoms with E-state index in [9.17, 15) is 4.79 Å². The molecule has 0 aliphatic rings. The molecule has 0 unspecified atom stereocenters. The van der Waals surface area contributed by atoms with Crippen LogP contribution in [0.3, 0.4) is 0 Å². The van der Waals surface area contributed by atoms with Gasteiger partial charge in [-0.05, 0) is 55.7 Å². The molecule has 150 valence electrons. The van der Waals surface area contributed by atoms with Gasteiger partial charge < -0.3 is 9.47 Å². The number of benzene rings is 1. The molecule has 0 spiro atoms. The second kappa shape index (κ2) is 10.6. The lowest BCUT2D eigenvalue weighted by Gasteiger charge is -2.07. The van der Waals surface area contributed by atoms with E-state index in [0.717, 1.165) is 25.2 Å². The van der Waals surface area contributed by atoms with E-state index < -0.39 is 0 Å². The van der Waals surface area contributed by atoms with Gasteiger partial charge in [-0.3, -0.25) is 0 Å². The first-order valence-electron chi connectivity index (χ1n) is 10.2. The first-order chi connectivity index (χ1) is 13.7. The summed E-state index contributed by atoms with van der Waals surface area (Å²) >= 11 is 3.31. The van der Waals surface area contributed by atoms with Gasteiger partial charge in [-0.2, -0.15) is 0 Å². The number of thiophene rings is 2. The molecule has 0 amide bonds. The molecule has 0 radical (unpaired) electrons. The normalized spacial score (nSPS) is 11.1. The summed E-state index contributed by atoms with van der Waals surface area (Å²) in [4.78, 5) is 14.5. The third-order valence-electron chi connectivity index (χ3n) is 4.54. The second-order valence-electron chi connectivity index (χ2n) is 6.93. The van der Waals surface area contributed by atoms with Crippen LogP contribution in [0.15, 0.2) is 36.4 Å². The van der Waals surface area contributed by atoms with Gasteiger partial charge in [0.1, 0.15) is 16.4 Å². The van der Waals surface area contributed by atoms with Crippen molar-refractivity contribution >= 4 is 38.0 Å². The van der Waals surface area contributed by atoms with Crippen LogP contribution in [0.1, 0.15) is 66.9 Å². The Labute approximate surface area is 175 Å². The monoisotopic (exact) mass is 416 g/mol. The molecule has 3 rings (SSSR count). The highest BCUT2D eigenvalue weighted by atomic mass is 32.1. The van der Waals surface area contributed by atoms with Gasteiger partial charge in [0.15, 0.2) is 0 Å². The highest BCUT2D eigenvalue weighted by molar-refractivity contribution is 7.28. The highest BCUT2D eigenvalue weighted by Gasteiger charge is 2.15. The molecular formula is C23H28O3S2. The van der Waals surface area contributed by atoms with Crippen molar-refractivity contribution in [1.82, 2.24) is 0 Å². The van der Waals surface area contributed by atoms with Crippen LogP contribution < -0.4 is 9.47 Å². The number of aryl methyl sites for hydroxylation is 1. The zero-order valence-corrected chi connectivity index (χ0v) is 18.3. The van der Waals surface area contributed by atoms with Gasteiger partial charge >= 0.3 is 5.97 Å². The Balaban J connectivity index is 1.54. The average Bonchev–Trinajstić information content (AvgIpc) is 3.26. The van der Waals surface area contributed by atoms with Crippen molar-refractivity contribution in [3.8, 4) is 11.5 Å². The predicted octanol–water partition coefficient (Wildman–Crippen LogP) is 7.48. The van der Waals surface area contributed by atoms with Crippen LogP contribution in [-0.4, -0.2) is 12.6 Å². The molecule has 0 saturated carbocycles. The molecule has 1 aromatic carbocycles. The standard InChI is InChI=1S/C23H28O3S2/c1-3-5-7-9-19-15-20-21(27-19)16-22(28-20)23(24)26-18-12-10-17(11-13-18)25-14-8-6-4-2/h10-13,15-16H,3-9,14H2,1-2H3. The van der Waals surface area contributed by atoms with Gasteiger partial charge in [0.05, 0.1) is 6.61 Å². The van der Waals surface area contributed by atoms with Crippen LogP contribution in [-0.2, 0) is 6.42 Å².